The number of hydrogen-bond acceptors (Lipinski definition) is 3. The highest BCUT2D eigenvalue weighted by atomic mass is 79.9. The highest BCUT2D eigenvalue weighted by Gasteiger charge is 2.17. The highest BCUT2D eigenvalue weighted by Crippen LogP contribution is 2.31. The van der Waals surface area contributed by atoms with E-state index in [1.54, 1.807) is 23.5 Å². The third kappa shape index (κ3) is 3.04. The van der Waals surface area contributed by atoms with Crippen molar-refractivity contribution in [3.05, 3.63) is 49.6 Å². The van der Waals surface area contributed by atoms with Gasteiger partial charge in [-0.15, -0.1) is 11.3 Å². The zero-order valence-corrected chi connectivity index (χ0v) is 13.9. The maximum Gasteiger partial charge on any atom is 0.338 e. The van der Waals surface area contributed by atoms with Crippen molar-refractivity contribution >= 4 is 38.9 Å². The van der Waals surface area contributed by atoms with E-state index in [0.29, 0.717) is 10.2 Å². The Morgan fingerprint density at radius 1 is 1.40 bits per heavy atom. The Morgan fingerprint density at radius 2 is 2.10 bits per heavy atom. The Kier molecular flexibility index (Phi) is 4.50. The summed E-state index contributed by atoms with van der Waals surface area (Å²) in [6, 6.07) is 7.57. The van der Waals surface area contributed by atoms with Crippen LogP contribution in [0, 0.1) is 13.8 Å². The van der Waals surface area contributed by atoms with Gasteiger partial charge in [0.1, 0.15) is 0 Å². The number of aromatic carboxylic acids is 1. The monoisotopic (exact) mass is 353 g/mol. The Labute approximate surface area is 130 Å². The van der Waals surface area contributed by atoms with Crippen LogP contribution in [0.5, 0.6) is 0 Å². The molecular formula is C15H16BrNO2S. The summed E-state index contributed by atoms with van der Waals surface area (Å²) in [7, 11) is 0. The van der Waals surface area contributed by atoms with Gasteiger partial charge in [-0.25, -0.2) is 4.79 Å². The van der Waals surface area contributed by atoms with Gasteiger partial charge in [0, 0.05) is 20.3 Å². The molecule has 20 heavy (non-hydrogen) atoms. The number of carbonyl (C=O) groups is 1. The highest BCUT2D eigenvalue weighted by molar-refractivity contribution is 9.10. The van der Waals surface area contributed by atoms with E-state index in [0.717, 1.165) is 0 Å². The minimum atomic E-state index is -0.939. The molecule has 1 unspecified atom stereocenters. The van der Waals surface area contributed by atoms with Crippen molar-refractivity contribution < 1.29 is 9.90 Å². The largest absolute Gasteiger partial charge is 0.478 e. The van der Waals surface area contributed by atoms with Crippen LogP contribution in [-0.2, 0) is 0 Å². The van der Waals surface area contributed by atoms with E-state index in [1.807, 2.05) is 13.0 Å². The summed E-state index contributed by atoms with van der Waals surface area (Å²) in [5.41, 5.74) is 2.11. The fraction of sp³-hybridized carbons (Fsp3) is 0.267. The molecule has 1 aromatic carbocycles. The lowest BCUT2D eigenvalue weighted by Gasteiger charge is -2.17. The van der Waals surface area contributed by atoms with Gasteiger partial charge in [0.2, 0.25) is 0 Å². The lowest BCUT2D eigenvalue weighted by molar-refractivity contribution is 0.0697. The van der Waals surface area contributed by atoms with E-state index < -0.39 is 5.97 Å². The third-order valence-electron chi connectivity index (χ3n) is 3.15. The van der Waals surface area contributed by atoms with Crippen molar-refractivity contribution in [3.63, 3.8) is 0 Å². The smallest absolute Gasteiger partial charge is 0.338 e. The Morgan fingerprint density at radius 3 is 2.65 bits per heavy atom. The first kappa shape index (κ1) is 15.1. The summed E-state index contributed by atoms with van der Waals surface area (Å²) in [6.45, 7) is 6.21. The van der Waals surface area contributed by atoms with Crippen LogP contribution in [0.3, 0.4) is 0 Å². The molecule has 0 aliphatic heterocycles. The average molecular weight is 354 g/mol. The van der Waals surface area contributed by atoms with Crippen LogP contribution in [0.25, 0.3) is 0 Å². The second kappa shape index (κ2) is 5.97. The van der Waals surface area contributed by atoms with Crippen molar-refractivity contribution in [2.75, 3.05) is 5.32 Å². The van der Waals surface area contributed by atoms with Crippen LogP contribution in [0.1, 0.15) is 38.6 Å². The molecule has 5 heteroatoms. The topological polar surface area (TPSA) is 49.3 Å². The molecule has 0 bridgehead atoms. The average Bonchev–Trinajstić information content (AvgIpc) is 2.68. The van der Waals surface area contributed by atoms with Gasteiger partial charge in [-0.05, 0) is 60.5 Å². The van der Waals surface area contributed by atoms with E-state index in [1.165, 1.54) is 15.3 Å². The van der Waals surface area contributed by atoms with Crippen molar-refractivity contribution in [3.8, 4) is 0 Å². The van der Waals surface area contributed by atoms with Crippen molar-refractivity contribution in [1.82, 2.24) is 0 Å². The molecule has 2 rings (SSSR count). The van der Waals surface area contributed by atoms with Crippen molar-refractivity contribution in [1.29, 1.82) is 0 Å². The first-order valence-electron chi connectivity index (χ1n) is 6.25. The normalized spacial score (nSPS) is 12.2. The lowest BCUT2D eigenvalue weighted by Crippen LogP contribution is -2.11. The molecule has 2 N–H and O–H groups in total. The summed E-state index contributed by atoms with van der Waals surface area (Å²) >= 11 is 5.05. The standard InChI is InChI=1S/C15H16BrNO2S/c1-8-7-11(10(3)20-8)9(2)17-13-6-4-5-12(16)14(13)15(18)19/h4-7,9,17H,1-3H3,(H,18,19). The number of anilines is 1. The second-order valence-electron chi connectivity index (χ2n) is 4.70. The van der Waals surface area contributed by atoms with E-state index in [-0.39, 0.29) is 11.6 Å². The van der Waals surface area contributed by atoms with E-state index >= 15 is 0 Å². The number of thiophene rings is 1. The van der Waals surface area contributed by atoms with Crippen molar-refractivity contribution in [2.24, 2.45) is 0 Å². The van der Waals surface area contributed by atoms with Gasteiger partial charge in [-0.2, -0.15) is 0 Å². The summed E-state index contributed by atoms with van der Waals surface area (Å²) in [5, 5.41) is 12.6. The SMILES string of the molecule is Cc1cc(C(C)Nc2cccc(Br)c2C(=O)O)c(C)s1. The minimum absolute atomic E-state index is 0.0624. The van der Waals surface area contributed by atoms with E-state index in [4.69, 9.17) is 0 Å². The molecule has 1 atom stereocenters. The van der Waals surface area contributed by atoms with Gasteiger partial charge >= 0.3 is 5.97 Å². The van der Waals surface area contributed by atoms with Crippen LogP contribution in [0.4, 0.5) is 5.69 Å². The molecule has 0 saturated heterocycles. The van der Waals surface area contributed by atoms with Crippen LogP contribution in [-0.4, -0.2) is 11.1 Å². The number of halogens is 1. The molecule has 1 heterocycles. The number of hydrogen-bond donors (Lipinski definition) is 2. The Bertz CT molecular complexity index is 651. The lowest BCUT2D eigenvalue weighted by atomic mass is 10.1. The summed E-state index contributed by atoms with van der Waals surface area (Å²) in [4.78, 5) is 13.9. The van der Waals surface area contributed by atoms with Crippen LogP contribution in [0.2, 0.25) is 0 Å². The fourth-order valence-electron chi connectivity index (χ4n) is 2.25. The minimum Gasteiger partial charge on any atom is -0.478 e. The van der Waals surface area contributed by atoms with Gasteiger partial charge in [-0.3, -0.25) is 0 Å². The van der Waals surface area contributed by atoms with Crippen LogP contribution in [0.15, 0.2) is 28.7 Å². The van der Waals surface area contributed by atoms with E-state index in [9.17, 15) is 9.90 Å². The second-order valence-corrected chi connectivity index (χ2v) is 7.02. The first-order chi connectivity index (χ1) is 9.40. The Hall–Kier alpha value is -1.33. The van der Waals surface area contributed by atoms with Crippen molar-refractivity contribution in [2.45, 2.75) is 26.8 Å². The number of nitrogens with one attached hydrogen (secondary N) is 1. The van der Waals surface area contributed by atoms with E-state index in [2.05, 4.69) is 41.2 Å². The molecule has 0 amide bonds. The first-order valence-corrected chi connectivity index (χ1v) is 7.86. The van der Waals surface area contributed by atoms with Gasteiger partial charge in [0.15, 0.2) is 0 Å². The van der Waals surface area contributed by atoms with Gasteiger partial charge in [-0.1, -0.05) is 6.07 Å². The number of carboxylic acid groups (broad SMARTS) is 1. The predicted octanol–water partition coefficient (Wildman–Crippen LogP) is 5.00. The van der Waals surface area contributed by atoms with Gasteiger partial charge in [0.05, 0.1) is 11.3 Å². The predicted molar refractivity (Wildman–Crippen MR) is 86.9 cm³/mol. The Balaban J connectivity index is 2.33. The maximum absolute atomic E-state index is 11.4. The molecule has 0 spiro atoms. The van der Waals surface area contributed by atoms with Gasteiger partial charge in [0.25, 0.3) is 0 Å². The summed E-state index contributed by atoms with van der Waals surface area (Å²) in [6.07, 6.45) is 0. The molecule has 0 fully saturated rings. The number of rotatable bonds is 4. The molecule has 2 aromatic rings. The molecule has 1 aromatic heterocycles. The summed E-state index contributed by atoms with van der Waals surface area (Å²) in [5.74, 6) is -0.939. The summed E-state index contributed by atoms with van der Waals surface area (Å²) < 4.78 is 0.584. The maximum atomic E-state index is 11.4. The molecule has 106 valence electrons. The molecule has 0 aliphatic carbocycles. The molecular weight excluding hydrogens is 338 g/mol. The van der Waals surface area contributed by atoms with Crippen LogP contribution >= 0.6 is 27.3 Å². The number of benzene rings is 1. The number of aryl methyl sites for hydroxylation is 2. The molecule has 0 radical (unpaired) electrons. The van der Waals surface area contributed by atoms with Gasteiger partial charge < -0.3 is 10.4 Å². The number of carboxylic acids is 1. The molecule has 3 nitrogen and oxygen atoms in total. The zero-order valence-electron chi connectivity index (χ0n) is 11.5. The quantitative estimate of drug-likeness (QED) is 0.812. The zero-order chi connectivity index (χ0) is 14.9. The molecule has 0 aliphatic rings. The third-order valence-corrected chi connectivity index (χ3v) is 4.79. The molecule has 0 saturated carbocycles. The fourth-order valence-corrected chi connectivity index (χ4v) is 3.81. The van der Waals surface area contributed by atoms with Crippen LogP contribution < -0.4 is 5.32 Å².